The summed E-state index contributed by atoms with van der Waals surface area (Å²) in [4.78, 5) is 24.2. The molecule has 0 radical (unpaired) electrons. The molecule has 1 aromatic carbocycles. The third kappa shape index (κ3) is 3.96. The molecule has 1 aromatic heterocycles. The number of amides is 1. The number of likely N-dealkylation sites (N-methyl/N-ethyl adjacent to an activating group) is 1. The van der Waals surface area contributed by atoms with Crippen molar-refractivity contribution in [2.24, 2.45) is 0 Å². The maximum Gasteiger partial charge on any atom is 0.257 e. The summed E-state index contributed by atoms with van der Waals surface area (Å²) in [5.41, 5.74) is 1.99. The van der Waals surface area contributed by atoms with Crippen molar-refractivity contribution >= 4 is 11.7 Å². The number of aromatic nitrogens is 1. The first-order valence-electron chi connectivity index (χ1n) is 9.68. The number of pyridine rings is 1. The van der Waals surface area contributed by atoms with Gasteiger partial charge in [0, 0.05) is 58.1 Å². The van der Waals surface area contributed by atoms with E-state index in [1.165, 1.54) is 5.56 Å². The maximum atomic E-state index is 13.1. The van der Waals surface area contributed by atoms with Crippen molar-refractivity contribution in [1.29, 1.82) is 0 Å². The van der Waals surface area contributed by atoms with Gasteiger partial charge in [0.15, 0.2) is 0 Å². The van der Waals surface area contributed by atoms with E-state index in [9.17, 15) is 4.79 Å². The average Bonchev–Trinajstić information content (AvgIpc) is 2.74. The zero-order chi connectivity index (χ0) is 18.6. The van der Waals surface area contributed by atoms with E-state index in [-0.39, 0.29) is 11.9 Å². The number of hydrogen-bond donors (Lipinski definition) is 1. The predicted octanol–water partition coefficient (Wildman–Crippen LogP) is 1.62. The Morgan fingerprint density at radius 1 is 1.04 bits per heavy atom. The van der Waals surface area contributed by atoms with Crippen LogP contribution in [0.4, 0.5) is 5.82 Å². The van der Waals surface area contributed by atoms with Crippen LogP contribution in [-0.4, -0.2) is 73.6 Å². The summed E-state index contributed by atoms with van der Waals surface area (Å²) in [7, 11) is 2.10. The molecule has 6 heteroatoms. The lowest BCUT2D eigenvalue weighted by molar-refractivity contribution is 0.0664. The van der Waals surface area contributed by atoms with Gasteiger partial charge in [-0.3, -0.25) is 4.79 Å². The third-order valence-corrected chi connectivity index (χ3v) is 5.48. The van der Waals surface area contributed by atoms with Crippen LogP contribution < -0.4 is 10.2 Å². The molecule has 2 aliphatic heterocycles. The van der Waals surface area contributed by atoms with Crippen molar-refractivity contribution in [2.75, 3.05) is 57.8 Å². The molecule has 4 rings (SSSR count). The van der Waals surface area contributed by atoms with Gasteiger partial charge in [-0.2, -0.15) is 0 Å². The van der Waals surface area contributed by atoms with Gasteiger partial charge in [0.1, 0.15) is 5.82 Å². The molecule has 0 unspecified atom stereocenters. The van der Waals surface area contributed by atoms with Crippen LogP contribution >= 0.6 is 0 Å². The lowest BCUT2D eigenvalue weighted by atomic mass is 10.0. The molecule has 142 valence electrons. The van der Waals surface area contributed by atoms with E-state index in [0.717, 1.165) is 57.2 Å². The minimum Gasteiger partial charge on any atom is -0.353 e. The van der Waals surface area contributed by atoms with E-state index in [1.807, 2.05) is 23.1 Å². The number of nitrogens with zero attached hydrogens (tertiary/aromatic N) is 4. The van der Waals surface area contributed by atoms with Gasteiger partial charge >= 0.3 is 0 Å². The van der Waals surface area contributed by atoms with Crippen molar-refractivity contribution in [1.82, 2.24) is 20.1 Å². The monoisotopic (exact) mass is 365 g/mol. The van der Waals surface area contributed by atoms with Gasteiger partial charge in [0.2, 0.25) is 0 Å². The summed E-state index contributed by atoms with van der Waals surface area (Å²) in [5, 5.41) is 3.58. The number of benzene rings is 1. The van der Waals surface area contributed by atoms with Crippen LogP contribution in [-0.2, 0) is 0 Å². The van der Waals surface area contributed by atoms with Gasteiger partial charge < -0.3 is 20.0 Å². The SMILES string of the molecule is CN1CCN(C(=O)c2cccnc2N2CCN[C@@H](c3ccccc3)C2)CC1. The molecule has 1 N–H and O–H groups in total. The molecule has 2 aliphatic rings. The summed E-state index contributed by atoms with van der Waals surface area (Å²) in [6.07, 6.45) is 1.79. The number of piperazine rings is 2. The molecule has 1 amide bonds. The first-order valence-corrected chi connectivity index (χ1v) is 9.68. The molecule has 2 saturated heterocycles. The third-order valence-electron chi connectivity index (χ3n) is 5.48. The van der Waals surface area contributed by atoms with Crippen molar-refractivity contribution in [3.05, 3.63) is 59.8 Å². The number of carbonyl (C=O) groups is 1. The van der Waals surface area contributed by atoms with E-state index in [1.54, 1.807) is 6.20 Å². The Balaban J connectivity index is 1.54. The predicted molar refractivity (Wildman–Crippen MR) is 107 cm³/mol. The van der Waals surface area contributed by atoms with Crippen LogP contribution in [0, 0.1) is 0 Å². The lowest BCUT2D eigenvalue weighted by Gasteiger charge is -2.37. The Kier molecular flexibility index (Phi) is 5.36. The van der Waals surface area contributed by atoms with Crippen LogP contribution in [0.1, 0.15) is 22.0 Å². The topological polar surface area (TPSA) is 51.7 Å². The molecule has 3 heterocycles. The summed E-state index contributed by atoms with van der Waals surface area (Å²) in [6, 6.07) is 14.5. The van der Waals surface area contributed by atoms with Gasteiger partial charge in [0.05, 0.1) is 5.56 Å². The summed E-state index contributed by atoms with van der Waals surface area (Å²) >= 11 is 0. The molecule has 6 nitrogen and oxygen atoms in total. The fourth-order valence-electron chi connectivity index (χ4n) is 3.85. The Labute approximate surface area is 160 Å². The van der Waals surface area contributed by atoms with Crippen molar-refractivity contribution in [3.8, 4) is 0 Å². The Morgan fingerprint density at radius 3 is 2.59 bits per heavy atom. The molecule has 2 fully saturated rings. The van der Waals surface area contributed by atoms with E-state index in [2.05, 4.69) is 51.4 Å². The maximum absolute atomic E-state index is 13.1. The second-order valence-electron chi connectivity index (χ2n) is 7.33. The van der Waals surface area contributed by atoms with Gasteiger partial charge in [-0.1, -0.05) is 30.3 Å². The van der Waals surface area contributed by atoms with E-state index in [4.69, 9.17) is 0 Å². The molecule has 0 spiro atoms. The highest BCUT2D eigenvalue weighted by atomic mass is 16.2. The quantitative estimate of drug-likeness (QED) is 0.896. The highest BCUT2D eigenvalue weighted by molar-refractivity contribution is 5.99. The van der Waals surface area contributed by atoms with E-state index in [0.29, 0.717) is 0 Å². The lowest BCUT2D eigenvalue weighted by Crippen LogP contribution is -2.49. The Bertz CT molecular complexity index is 773. The Morgan fingerprint density at radius 2 is 1.81 bits per heavy atom. The van der Waals surface area contributed by atoms with Crippen LogP contribution in [0.3, 0.4) is 0 Å². The standard InChI is InChI=1S/C21H27N5O/c1-24-12-14-25(15-13-24)21(27)18-8-5-9-23-20(18)26-11-10-22-19(16-26)17-6-3-2-4-7-17/h2-9,19,22H,10-16H2,1H3/t19-/m1/s1. The second-order valence-corrected chi connectivity index (χ2v) is 7.33. The van der Waals surface area contributed by atoms with Crippen molar-refractivity contribution < 1.29 is 4.79 Å². The van der Waals surface area contributed by atoms with Crippen LogP contribution in [0.15, 0.2) is 48.7 Å². The molecule has 0 aliphatic carbocycles. The molecule has 1 atom stereocenters. The average molecular weight is 365 g/mol. The molecular weight excluding hydrogens is 338 g/mol. The number of hydrogen-bond acceptors (Lipinski definition) is 5. The second kappa shape index (κ2) is 8.06. The highest BCUT2D eigenvalue weighted by Crippen LogP contribution is 2.25. The highest BCUT2D eigenvalue weighted by Gasteiger charge is 2.28. The van der Waals surface area contributed by atoms with Gasteiger partial charge in [0.25, 0.3) is 5.91 Å². The zero-order valence-electron chi connectivity index (χ0n) is 15.8. The number of rotatable bonds is 3. The van der Waals surface area contributed by atoms with Crippen molar-refractivity contribution in [3.63, 3.8) is 0 Å². The molecule has 2 aromatic rings. The largest absolute Gasteiger partial charge is 0.353 e. The van der Waals surface area contributed by atoms with E-state index < -0.39 is 0 Å². The zero-order valence-corrected chi connectivity index (χ0v) is 15.8. The molecule has 27 heavy (non-hydrogen) atoms. The van der Waals surface area contributed by atoms with Crippen molar-refractivity contribution in [2.45, 2.75) is 6.04 Å². The smallest absolute Gasteiger partial charge is 0.257 e. The Hall–Kier alpha value is -2.44. The first-order chi connectivity index (χ1) is 13.2. The summed E-state index contributed by atoms with van der Waals surface area (Å²) in [5.74, 6) is 0.907. The van der Waals surface area contributed by atoms with Crippen LogP contribution in [0.5, 0.6) is 0 Å². The molecular formula is C21H27N5O. The summed E-state index contributed by atoms with van der Waals surface area (Å²) < 4.78 is 0. The fourth-order valence-corrected chi connectivity index (χ4v) is 3.85. The minimum absolute atomic E-state index is 0.0981. The van der Waals surface area contributed by atoms with Gasteiger partial charge in [-0.25, -0.2) is 4.98 Å². The van der Waals surface area contributed by atoms with E-state index >= 15 is 0 Å². The van der Waals surface area contributed by atoms with Gasteiger partial charge in [-0.15, -0.1) is 0 Å². The normalized spacial score (nSPS) is 21.3. The number of carbonyl (C=O) groups excluding carboxylic acids is 1. The van der Waals surface area contributed by atoms with Crippen LogP contribution in [0.2, 0.25) is 0 Å². The fraction of sp³-hybridized carbons (Fsp3) is 0.429. The minimum atomic E-state index is 0.0981. The number of anilines is 1. The van der Waals surface area contributed by atoms with Gasteiger partial charge in [-0.05, 0) is 24.7 Å². The summed E-state index contributed by atoms with van der Waals surface area (Å²) in [6.45, 7) is 5.93. The van der Waals surface area contributed by atoms with Crippen LogP contribution in [0.25, 0.3) is 0 Å². The molecule has 0 saturated carbocycles. The first kappa shape index (κ1) is 17.9. The molecule has 0 bridgehead atoms. The number of nitrogens with one attached hydrogen (secondary N) is 1.